The maximum absolute atomic E-state index is 15.5. The molecule has 76 heavy (non-hydrogen) atoms. The Bertz CT molecular complexity index is 2980. The van der Waals surface area contributed by atoms with Crippen LogP contribution in [0, 0.1) is 11.3 Å². The zero-order valence-corrected chi connectivity index (χ0v) is 46.6. The SMILES string of the molecule is CCOc1cc(C(C)(C)C)ccc1C1=N[C@@](C)(c2ccc(Cl)cc2)[C@@](C)(c2ccc(Cl)cc2)N1C(=O)N1CCN(CCOCCOc2ccc(N(C=S)C(C)(C)C(=O)N(C)c3ccc(C#N)c(C(F)(F)F)c3)cc2)CC1. The summed E-state index contributed by atoms with van der Waals surface area (Å²) >= 11 is 18.3. The van der Waals surface area contributed by atoms with Crippen LogP contribution in [-0.4, -0.2) is 110 Å². The Hall–Kier alpha value is -6.22. The molecule has 3 amide bonds. The number of thiocarbonyl (C=S) groups is 1. The molecule has 2 aliphatic rings. The summed E-state index contributed by atoms with van der Waals surface area (Å²) in [7, 11) is 1.38. The van der Waals surface area contributed by atoms with Gasteiger partial charge >= 0.3 is 12.2 Å². The molecular formula is C58H64Cl2F3N7O5S. The highest BCUT2D eigenvalue weighted by Crippen LogP contribution is 2.54. The van der Waals surface area contributed by atoms with Crippen LogP contribution < -0.4 is 19.3 Å². The van der Waals surface area contributed by atoms with Gasteiger partial charge in [0.15, 0.2) is 0 Å². The first-order valence-corrected chi connectivity index (χ1v) is 26.3. The van der Waals surface area contributed by atoms with Gasteiger partial charge in [0.05, 0.1) is 48.1 Å². The number of likely N-dealkylation sites (N-methyl/N-ethyl adjacent to an activating group) is 1. The molecular weight excluding hydrogens is 1030 g/mol. The summed E-state index contributed by atoms with van der Waals surface area (Å²) in [5.41, 5.74) is 0.223. The molecule has 0 N–H and O–H groups in total. The molecule has 12 nitrogen and oxygen atoms in total. The Morgan fingerprint density at radius 1 is 0.803 bits per heavy atom. The van der Waals surface area contributed by atoms with Crippen LogP contribution in [0.2, 0.25) is 10.0 Å². The molecule has 2 aliphatic heterocycles. The highest BCUT2D eigenvalue weighted by atomic mass is 35.5. The quantitative estimate of drug-likeness (QED) is 0.0663. The van der Waals surface area contributed by atoms with Gasteiger partial charge in [-0.2, -0.15) is 18.4 Å². The minimum Gasteiger partial charge on any atom is -0.493 e. The molecule has 0 unspecified atom stereocenters. The van der Waals surface area contributed by atoms with Gasteiger partial charge in [-0.1, -0.05) is 86.5 Å². The zero-order chi connectivity index (χ0) is 55.4. The van der Waals surface area contributed by atoms with Crippen molar-refractivity contribution in [2.75, 3.05) is 76.0 Å². The molecule has 402 valence electrons. The number of piperazine rings is 1. The van der Waals surface area contributed by atoms with Gasteiger partial charge in [0.2, 0.25) is 0 Å². The van der Waals surface area contributed by atoms with Crippen LogP contribution in [0.1, 0.15) is 88.8 Å². The first-order chi connectivity index (χ1) is 35.9. The average Bonchev–Trinajstić information content (AvgIpc) is 3.70. The van der Waals surface area contributed by atoms with E-state index in [1.54, 1.807) is 49.1 Å². The lowest BCUT2D eigenvalue weighted by molar-refractivity contribution is -0.137. The summed E-state index contributed by atoms with van der Waals surface area (Å²) in [5.74, 6) is 1.18. The predicted molar refractivity (Wildman–Crippen MR) is 298 cm³/mol. The van der Waals surface area contributed by atoms with Gasteiger partial charge < -0.3 is 28.9 Å². The standard InChI is InChI=1S/C58H64Cl2F3N7O5S/c1-10-74-50-35-42(54(2,3)4)16-26-48(50)51-65-56(7,40-12-17-43(59)18-13-40)57(8,41-14-19-44(60)20-15-41)70(51)53(72)68-29-27-67(28-30-68)31-32-73-33-34-75-47-24-22-45(23-25-47)69(38-76)55(5,6)52(71)66(9)46-21-11-39(37-64)49(36-46)58(61,62)63/h11-26,35-36,38H,10,27-34H2,1-9H3/t56-,57+/m0/s1. The number of urea groups is 1. The molecule has 0 bridgehead atoms. The molecule has 0 aliphatic carbocycles. The number of hydrogen-bond donors (Lipinski definition) is 0. The molecule has 5 aromatic carbocycles. The summed E-state index contributed by atoms with van der Waals surface area (Å²) in [6, 6.07) is 32.9. The number of aliphatic imine (C=N–C) groups is 1. The number of halogens is 5. The van der Waals surface area contributed by atoms with Crippen molar-refractivity contribution in [2.45, 2.75) is 83.6 Å². The van der Waals surface area contributed by atoms with Crippen LogP contribution in [0.25, 0.3) is 0 Å². The number of ether oxygens (including phenoxy) is 3. The number of alkyl halides is 3. The number of carbonyl (C=O) groups is 2. The van der Waals surface area contributed by atoms with Gasteiger partial charge in [-0.05, 0) is 136 Å². The molecule has 18 heteroatoms. The van der Waals surface area contributed by atoms with E-state index in [9.17, 15) is 23.2 Å². The molecule has 1 saturated heterocycles. The van der Waals surface area contributed by atoms with Crippen molar-refractivity contribution in [3.63, 3.8) is 0 Å². The van der Waals surface area contributed by atoms with E-state index in [0.717, 1.165) is 33.7 Å². The lowest BCUT2D eigenvalue weighted by atomic mass is 9.71. The van der Waals surface area contributed by atoms with Gasteiger partial charge in [-0.3, -0.25) is 19.6 Å². The van der Waals surface area contributed by atoms with Gasteiger partial charge in [0.25, 0.3) is 5.91 Å². The van der Waals surface area contributed by atoms with Gasteiger partial charge in [0.1, 0.15) is 40.6 Å². The molecule has 2 atom stereocenters. The van der Waals surface area contributed by atoms with Gasteiger partial charge in [-0.15, -0.1) is 0 Å². The number of anilines is 2. The second-order valence-corrected chi connectivity index (χ2v) is 21.7. The maximum Gasteiger partial charge on any atom is 0.417 e. The van der Waals surface area contributed by atoms with Crippen molar-refractivity contribution in [1.82, 2.24) is 14.7 Å². The van der Waals surface area contributed by atoms with Crippen molar-refractivity contribution in [2.24, 2.45) is 4.99 Å². The third-order valence-corrected chi connectivity index (χ3v) is 15.2. The Labute approximate surface area is 459 Å². The summed E-state index contributed by atoms with van der Waals surface area (Å²) in [6.45, 7) is 20.1. The molecule has 5 aromatic rings. The fourth-order valence-corrected chi connectivity index (χ4v) is 10.4. The third-order valence-electron chi connectivity index (χ3n) is 14.5. The van der Waals surface area contributed by atoms with Crippen LogP contribution in [0.4, 0.5) is 29.3 Å². The average molecular weight is 1100 g/mol. The first-order valence-electron chi connectivity index (χ1n) is 25.0. The number of nitrogens with zero attached hydrogens (tertiary/aromatic N) is 7. The Kier molecular flexibility index (Phi) is 17.5. The molecule has 1 fully saturated rings. The molecule has 0 aromatic heterocycles. The largest absolute Gasteiger partial charge is 0.493 e. The minimum atomic E-state index is -4.78. The lowest BCUT2D eigenvalue weighted by Crippen LogP contribution is -2.60. The Morgan fingerprint density at radius 2 is 1.41 bits per heavy atom. The van der Waals surface area contributed by atoms with E-state index in [4.69, 9.17) is 54.6 Å². The van der Waals surface area contributed by atoms with Gasteiger partial charge in [0, 0.05) is 61.2 Å². The highest BCUT2D eigenvalue weighted by molar-refractivity contribution is 7.79. The van der Waals surface area contributed by atoms with E-state index in [1.165, 1.54) is 18.6 Å². The summed E-state index contributed by atoms with van der Waals surface area (Å²) in [5, 5.41) is 10.4. The van der Waals surface area contributed by atoms with Crippen LogP contribution in [0.3, 0.4) is 0 Å². The summed E-state index contributed by atoms with van der Waals surface area (Å²) < 4.78 is 59.5. The molecule has 0 spiro atoms. The second kappa shape index (κ2) is 23.2. The van der Waals surface area contributed by atoms with Crippen LogP contribution in [-0.2, 0) is 32.2 Å². The topological polar surface area (TPSA) is 114 Å². The fraction of sp³-hybridized carbons (Fsp3) is 0.397. The minimum absolute atomic E-state index is 0.0227. The summed E-state index contributed by atoms with van der Waals surface area (Å²) in [6.07, 6.45) is -4.78. The number of amides is 3. The lowest BCUT2D eigenvalue weighted by Gasteiger charge is -2.47. The molecule has 7 rings (SSSR count). The van der Waals surface area contributed by atoms with Crippen LogP contribution in [0.15, 0.2) is 114 Å². The Morgan fingerprint density at radius 3 is 1.97 bits per heavy atom. The van der Waals surface area contributed by atoms with Gasteiger partial charge in [-0.25, -0.2) is 4.79 Å². The number of carbonyl (C=O) groups excluding carboxylic acids is 2. The van der Waals surface area contributed by atoms with Crippen molar-refractivity contribution in [1.29, 1.82) is 5.26 Å². The van der Waals surface area contributed by atoms with E-state index in [1.807, 2.05) is 71.3 Å². The van der Waals surface area contributed by atoms with Crippen LogP contribution in [0.5, 0.6) is 11.5 Å². The van der Waals surface area contributed by atoms with Crippen molar-refractivity contribution >= 4 is 70.1 Å². The highest BCUT2D eigenvalue weighted by Gasteiger charge is 2.60. The maximum atomic E-state index is 15.5. The molecule has 0 saturated carbocycles. The van der Waals surface area contributed by atoms with E-state index in [2.05, 4.69) is 51.7 Å². The number of nitriles is 1. The van der Waals surface area contributed by atoms with E-state index >= 15 is 4.79 Å². The smallest absolute Gasteiger partial charge is 0.417 e. The monoisotopic (exact) mass is 1100 g/mol. The van der Waals surface area contributed by atoms with Crippen LogP contribution >= 0.6 is 35.4 Å². The molecule has 2 heterocycles. The normalized spacial score (nSPS) is 18.2. The number of amidine groups is 1. The zero-order valence-electron chi connectivity index (χ0n) is 44.3. The predicted octanol–water partition coefficient (Wildman–Crippen LogP) is 12.5. The van der Waals surface area contributed by atoms with E-state index in [0.29, 0.717) is 91.2 Å². The number of rotatable bonds is 17. The Balaban J connectivity index is 0.981. The third kappa shape index (κ3) is 11.8. The molecule has 0 radical (unpaired) electrons. The number of hydrogen-bond acceptors (Lipinski definition) is 9. The van der Waals surface area contributed by atoms with Crippen molar-refractivity contribution in [3.05, 3.63) is 153 Å². The summed E-state index contributed by atoms with van der Waals surface area (Å²) in [4.78, 5) is 43.6. The van der Waals surface area contributed by atoms with Crippen molar-refractivity contribution < 1.29 is 37.0 Å². The number of benzene rings is 5. The van der Waals surface area contributed by atoms with Crippen molar-refractivity contribution in [3.8, 4) is 17.6 Å². The second-order valence-electron chi connectivity index (χ2n) is 20.6. The first kappa shape index (κ1) is 57.5. The fourth-order valence-electron chi connectivity index (χ4n) is 9.76. The van der Waals surface area contributed by atoms with E-state index in [-0.39, 0.29) is 23.7 Å². The van der Waals surface area contributed by atoms with E-state index < -0.39 is 39.8 Å².